The predicted molar refractivity (Wildman–Crippen MR) is 107 cm³/mol. The topological polar surface area (TPSA) is 103 Å². The smallest absolute Gasteiger partial charge is 0.317 e. The van der Waals surface area contributed by atoms with Crippen molar-refractivity contribution in [3.8, 4) is 0 Å². The first-order valence-corrected chi connectivity index (χ1v) is 9.96. The van der Waals surface area contributed by atoms with Gasteiger partial charge in [-0.2, -0.15) is 0 Å². The van der Waals surface area contributed by atoms with Crippen molar-refractivity contribution in [3.63, 3.8) is 0 Å². The highest BCUT2D eigenvalue weighted by Gasteiger charge is 2.40. The highest BCUT2D eigenvalue weighted by atomic mass is 16.7. The van der Waals surface area contributed by atoms with Crippen molar-refractivity contribution in [1.82, 2.24) is 9.13 Å². The number of aliphatic hydroxyl groups is 2. The Morgan fingerprint density at radius 2 is 1.90 bits per heavy atom. The van der Waals surface area contributed by atoms with E-state index in [9.17, 15) is 19.8 Å². The van der Waals surface area contributed by atoms with Crippen LogP contribution >= 0.6 is 0 Å². The van der Waals surface area contributed by atoms with Gasteiger partial charge in [0.2, 0.25) is 0 Å². The number of rotatable bonds is 4. The van der Waals surface area contributed by atoms with Gasteiger partial charge in [-0.25, -0.2) is 0 Å². The largest absolute Gasteiger partial charge is 0.388 e. The van der Waals surface area contributed by atoms with Crippen LogP contribution < -0.4 is 11.1 Å². The second-order valence-electron chi connectivity index (χ2n) is 9.10. The number of aliphatic hydroxyl groups excluding tert-OH is 2. The zero-order valence-corrected chi connectivity index (χ0v) is 17.2. The lowest BCUT2D eigenvalue weighted by Crippen LogP contribution is -2.48. The maximum absolute atomic E-state index is 12.8. The summed E-state index contributed by atoms with van der Waals surface area (Å²) in [5, 5.41) is 21.2. The number of hydrogen-bond donors (Lipinski definition) is 2. The molecule has 29 heavy (non-hydrogen) atoms. The summed E-state index contributed by atoms with van der Waals surface area (Å²) in [5.41, 5.74) is 0.851. The molecule has 8 heteroatoms. The van der Waals surface area contributed by atoms with Gasteiger partial charge in [-0.05, 0) is 37.3 Å². The molecule has 2 aromatic rings. The number of para-hydroxylation sites is 1. The van der Waals surface area contributed by atoms with Gasteiger partial charge in [0, 0.05) is 6.54 Å². The molecule has 2 N–H and O–H groups in total. The molecule has 2 aliphatic rings. The first-order chi connectivity index (χ1) is 13.5. The Bertz CT molecular complexity index is 1070. The summed E-state index contributed by atoms with van der Waals surface area (Å²) in [6.45, 7) is 8.09. The van der Waals surface area contributed by atoms with E-state index in [2.05, 4.69) is 13.8 Å². The molecular weight excluding hydrogens is 376 g/mol. The van der Waals surface area contributed by atoms with Crippen LogP contribution in [-0.4, -0.2) is 50.1 Å². The lowest BCUT2D eigenvalue weighted by atomic mass is 9.78. The maximum atomic E-state index is 12.8. The van der Waals surface area contributed by atoms with Gasteiger partial charge < -0.3 is 24.3 Å². The Morgan fingerprint density at radius 1 is 1.17 bits per heavy atom. The van der Waals surface area contributed by atoms with Crippen LogP contribution in [0.15, 0.2) is 27.8 Å². The number of hydrogen-bond acceptors (Lipinski definition) is 6. The van der Waals surface area contributed by atoms with Crippen LogP contribution in [0.1, 0.15) is 39.7 Å². The molecule has 0 radical (unpaired) electrons. The minimum Gasteiger partial charge on any atom is -0.388 e. The third-order valence-corrected chi connectivity index (χ3v) is 6.11. The van der Waals surface area contributed by atoms with Gasteiger partial charge >= 0.3 is 11.1 Å². The Labute approximate surface area is 168 Å². The third-order valence-electron chi connectivity index (χ3n) is 6.11. The number of aromatic nitrogens is 2. The molecule has 0 bridgehead atoms. The zero-order chi connectivity index (χ0) is 21.1. The Kier molecular flexibility index (Phi) is 4.73. The maximum Gasteiger partial charge on any atom is 0.317 e. The molecule has 1 aromatic carbocycles. The molecule has 3 heterocycles. The van der Waals surface area contributed by atoms with Gasteiger partial charge in [-0.15, -0.1) is 0 Å². The van der Waals surface area contributed by atoms with E-state index in [4.69, 9.17) is 9.47 Å². The molecule has 1 saturated heterocycles. The molecule has 8 nitrogen and oxygen atoms in total. The van der Waals surface area contributed by atoms with Gasteiger partial charge in [0.25, 0.3) is 0 Å². The molecule has 0 saturated carbocycles. The Hall–Kier alpha value is -2.00. The summed E-state index contributed by atoms with van der Waals surface area (Å²) in [6.07, 6.45) is -2.50. The quantitative estimate of drug-likeness (QED) is 0.728. The van der Waals surface area contributed by atoms with Crippen molar-refractivity contribution in [2.24, 2.45) is 0 Å². The SMILES string of the molecule is CC1(C)OC[C@H]([C@@H](O)[C@H](O)Cn2c(=O)c(=O)n3c4c(cccc42)C(C)(C)CC3)O1. The van der Waals surface area contributed by atoms with E-state index >= 15 is 0 Å². The highest BCUT2D eigenvalue weighted by molar-refractivity contribution is 5.81. The van der Waals surface area contributed by atoms with Crippen LogP contribution in [0.3, 0.4) is 0 Å². The third kappa shape index (κ3) is 3.34. The highest BCUT2D eigenvalue weighted by Crippen LogP contribution is 2.36. The molecule has 158 valence electrons. The second kappa shape index (κ2) is 6.77. The van der Waals surface area contributed by atoms with Crippen molar-refractivity contribution < 1.29 is 19.7 Å². The van der Waals surface area contributed by atoms with Gasteiger partial charge in [0.1, 0.15) is 18.3 Å². The fourth-order valence-corrected chi connectivity index (χ4v) is 4.37. The lowest BCUT2D eigenvalue weighted by Gasteiger charge is -2.33. The molecule has 0 unspecified atom stereocenters. The Balaban J connectivity index is 1.76. The molecule has 0 amide bonds. The van der Waals surface area contributed by atoms with E-state index in [0.29, 0.717) is 12.1 Å². The minimum atomic E-state index is -1.30. The lowest BCUT2D eigenvalue weighted by molar-refractivity contribution is -0.161. The molecule has 1 fully saturated rings. The summed E-state index contributed by atoms with van der Waals surface area (Å²) >= 11 is 0. The van der Waals surface area contributed by atoms with E-state index in [1.165, 1.54) is 9.13 Å². The van der Waals surface area contributed by atoms with Crippen LogP contribution in [0.5, 0.6) is 0 Å². The first kappa shape index (κ1) is 20.3. The number of benzene rings is 1. The summed E-state index contributed by atoms with van der Waals surface area (Å²) in [5.74, 6) is -0.840. The van der Waals surface area contributed by atoms with Gasteiger partial charge in [-0.1, -0.05) is 26.0 Å². The van der Waals surface area contributed by atoms with Crippen LogP contribution in [-0.2, 0) is 28.0 Å². The van der Waals surface area contributed by atoms with Crippen molar-refractivity contribution >= 4 is 11.0 Å². The van der Waals surface area contributed by atoms with Gasteiger partial charge in [-0.3, -0.25) is 14.2 Å². The molecule has 1 aromatic heterocycles. The van der Waals surface area contributed by atoms with Crippen molar-refractivity contribution in [3.05, 3.63) is 44.5 Å². The molecular formula is C21H28N2O6. The van der Waals surface area contributed by atoms with Crippen LogP contribution in [0.4, 0.5) is 0 Å². The second-order valence-corrected chi connectivity index (χ2v) is 9.10. The summed E-state index contributed by atoms with van der Waals surface area (Å²) in [4.78, 5) is 25.6. The molecule has 4 rings (SSSR count). The summed E-state index contributed by atoms with van der Waals surface area (Å²) in [7, 11) is 0. The van der Waals surface area contributed by atoms with E-state index in [1.54, 1.807) is 19.9 Å². The average Bonchev–Trinajstić information content (AvgIpc) is 3.03. The Morgan fingerprint density at radius 3 is 2.55 bits per heavy atom. The molecule has 0 aliphatic carbocycles. The normalized spacial score (nSPS) is 24.6. The van der Waals surface area contributed by atoms with E-state index in [0.717, 1.165) is 17.5 Å². The number of aryl methyl sites for hydroxylation is 1. The fraction of sp³-hybridized carbons (Fsp3) is 0.619. The first-order valence-electron chi connectivity index (χ1n) is 9.96. The predicted octanol–water partition coefficient (Wildman–Crippen LogP) is 0.718. The van der Waals surface area contributed by atoms with Crippen molar-refractivity contribution in [2.45, 2.75) is 76.7 Å². The summed E-state index contributed by atoms with van der Waals surface area (Å²) < 4.78 is 13.9. The van der Waals surface area contributed by atoms with Crippen LogP contribution in [0, 0.1) is 0 Å². The van der Waals surface area contributed by atoms with Crippen molar-refractivity contribution in [2.75, 3.05) is 6.61 Å². The number of ether oxygens (including phenoxy) is 2. The number of nitrogens with zero attached hydrogens (tertiary/aromatic N) is 2. The zero-order valence-electron chi connectivity index (χ0n) is 17.2. The minimum absolute atomic E-state index is 0.132. The van der Waals surface area contributed by atoms with E-state index < -0.39 is 35.2 Å². The average molecular weight is 404 g/mol. The molecule has 0 spiro atoms. The standard InChI is InChI=1S/C21H28N2O6/c1-20(2)8-9-22-16-12(20)6-5-7-13(16)23(19(27)18(22)26)10-14(24)17(25)15-11-28-21(3,4)29-15/h5-7,14-15,17,24-25H,8-11H2,1-4H3/t14-,15-,17+/m1/s1. The summed E-state index contributed by atoms with van der Waals surface area (Å²) in [6, 6.07) is 5.60. The monoisotopic (exact) mass is 404 g/mol. The van der Waals surface area contributed by atoms with Crippen LogP contribution in [0.2, 0.25) is 0 Å². The van der Waals surface area contributed by atoms with Gasteiger partial charge in [0.05, 0.1) is 24.2 Å². The van der Waals surface area contributed by atoms with E-state index in [1.807, 2.05) is 12.1 Å². The molecule has 2 aliphatic heterocycles. The molecule has 3 atom stereocenters. The van der Waals surface area contributed by atoms with Crippen LogP contribution in [0.25, 0.3) is 11.0 Å². The fourth-order valence-electron chi connectivity index (χ4n) is 4.37. The van der Waals surface area contributed by atoms with Crippen molar-refractivity contribution in [1.29, 1.82) is 0 Å². The van der Waals surface area contributed by atoms with Gasteiger partial charge in [0.15, 0.2) is 5.79 Å². The van der Waals surface area contributed by atoms with E-state index in [-0.39, 0.29) is 18.6 Å².